The molecule has 0 saturated carbocycles. The summed E-state index contributed by atoms with van der Waals surface area (Å²) in [5.74, 6) is 0.489. The van der Waals surface area contributed by atoms with E-state index in [2.05, 4.69) is 65.5 Å². The molecule has 7 rings (SSSR count). The molecule has 0 spiro atoms. The first-order valence-corrected chi connectivity index (χ1v) is 13.9. The Hall–Kier alpha value is -2.70. The summed E-state index contributed by atoms with van der Waals surface area (Å²) in [6.07, 6.45) is 7.20. The largest absolute Gasteiger partial charge is 0.462 e. The maximum atomic E-state index is 6.33. The molecule has 36 heavy (non-hydrogen) atoms. The van der Waals surface area contributed by atoms with Crippen molar-refractivity contribution < 1.29 is 4.74 Å². The minimum absolute atomic E-state index is 0.465. The molecular formula is C30H37N5O. The zero-order valence-electron chi connectivity index (χ0n) is 21.5. The third-order valence-corrected chi connectivity index (χ3v) is 9.24. The van der Waals surface area contributed by atoms with E-state index in [1.165, 1.54) is 65.4 Å². The van der Waals surface area contributed by atoms with Crippen molar-refractivity contribution in [3.8, 4) is 6.01 Å². The summed E-state index contributed by atoms with van der Waals surface area (Å²) < 4.78 is 6.33. The quantitative estimate of drug-likeness (QED) is 0.573. The maximum absolute atomic E-state index is 6.33. The van der Waals surface area contributed by atoms with Gasteiger partial charge in [0.1, 0.15) is 6.61 Å². The van der Waals surface area contributed by atoms with E-state index in [0.29, 0.717) is 36.7 Å². The van der Waals surface area contributed by atoms with E-state index in [4.69, 9.17) is 14.7 Å². The molecule has 3 fully saturated rings. The van der Waals surface area contributed by atoms with Crippen molar-refractivity contribution in [1.29, 1.82) is 0 Å². The fourth-order valence-electron chi connectivity index (χ4n) is 7.27. The summed E-state index contributed by atoms with van der Waals surface area (Å²) in [5.41, 5.74) is 6.45. The van der Waals surface area contributed by atoms with Crippen LogP contribution in [0.3, 0.4) is 0 Å². The molecule has 3 unspecified atom stereocenters. The third kappa shape index (κ3) is 3.86. The van der Waals surface area contributed by atoms with E-state index in [0.717, 1.165) is 31.7 Å². The molecule has 5 heterocycles. The lowest BCUT2D eigenvalue weighted by Gasteiger charge is -2.34. The number of likely N-dealkylation sites (tertiary alicyclic amines) is 1. The molecule has 4 aliphatic heterocycles. The van der Waals surface area contributed by atoms with Gasteiger partial charge in [-0.2, -0.15) is 9.97 Å². The van der Waals surface area contributed by atoms with Gasteiger partial charge in [-0.15, -0.1) is 0 Å². The van der Waals surface area contributed by atoms with Crippen LogP contribution in [0.5, 0.6) is 6.01 Å². The zero-order chi connectivity index (χ0) is 24.2. The Kier molecular flexibility index (Phi) is 5.62. The predicted octanol–water partition coefficient (Wildman–Crippen LogP) is 4.58. The van der Waals surface area contributed by atoms with Crippen molar-refractivity contribution in [2.75, 3.05) is 31.6 Å². The van der Waals surface area contributed by atoms with Gasteiger partial charge in [-0.3, -0.25) is 0 Å². The Morgan fingerprint density at radius 1 is 1.06 bits per heavy atom. The van der Waals surface area contributed by atoms with Crippen LogP contribution in [0, 0.1) is 6.92 Å². The van der Waals surface area contributed by atoms with Gasteiger partial charge < -0.3 is 19.9 Å². The minimum atomic E-state index is 0.465. The van der Waals surface area contributed by atoms with Gasteiger partial charge in [-0.25, -0.2) is 0 Å². The first-order valence-electron chi connectivity index (χ1n) is 13.9. The number of ether oxygens (including phenoxy) is 1. The summed E-state index contributed by atoms with van der Waals surface area (Å²) in [4.78, 5) is 15.1. The Morgan fingerprint density at radius 3 is 2.72 bits per heavy atom. The number of benzene rings is 2. The lowest BCUT2D eigenvalue weighted by atomic mass is 9.83. The van der Waals surface area contributed by atoms with E-state index >= 15 is 0 Å². The molecule has 4 atom stereocenters. The molecule has 3 saturated heterocycles. The van der Waals surface area contributed by atoms with Gasteiger partial charge >= 0.3 is 6.01 Å². The van der Waals surface area contributed by atoms with Gasteiger partial charge in [0.25, 0.3) is 0 Å². The van der Waals surface area contributed by atoms with Crippen LogP contribution >= 0.6 is 0 Å². The molecule has 1 aromatic heterocycles. The summed E-state index contributed by atoms with van der Waals surface area (Å²) in [6, 6.07) is 15.5. The Morgan fingerprint density at radius 2 is 1.94 bits per heavy atom. The second-order valence-corrected chi connectivity index (χ2v) is 11.4. The molecule has 0 amide bonds. The molecule has 1 N–H and O–H groups in total. The van der Waals surface area contributed by atoms with E-state index in [1.807, 2.05) is 0 Å². The van der Waals surface area contributed by atoms with Crippen LogP contribution in [0.25, 0.3) is 10.8 Å². The van der Waals surface area contributed by atoms with Crippen molar-refractivity contribution >= 4 is 16.5 Å². The molecule has 0 radical (unpaired) electrons. The average molecular weight is 484 g/mol. The Balaban J connectivity index is 1.24. The number of aryl methyl sites for hydroxylation is 1. The molecule has 6 nitrogen and oxygen atoms in total. The maximum Gasteiger partial charge on any atom is 0.316 e. The van der Waals surface area contributed by atoms with Crippen LogP contribution in [-0.2, 0) is 13.0 Å². The lowest BCUT2D eigenvalue weighted by Crippen LogP contribution is -2.34. The second-order valence-electron chi connectivity index (χ2n) is 11.4. The summed E-state index contributed by atoms with van der Waals surface area (Å²) in [7, 11) is 2.20. The number of nitrogens with zero attached hydrogens (tertiary/aromatic N) is 4. The zero-order valence-corrected chi connectivity index (χ0v) is 21.5. The highest BCUT2D eigenvalue weighted by atomic mass is 16.5. The topological polar surface area (TPSA) is 53.5 Å². The monoisotopic (exact) mass is 483 g/mol. The van der Waals surface area contributed by atoms with Crippen LogP contribution < -0.4 is 15.0 Å². The highest BCUT2D eigenvalue weighted by molar-refractivity contribution is 5.96. The SMILES string of the molecule is Cc1cccc2cccc(N3CCc4c(nc(OC[C@@H]5CCCN5C)nc4C4CC5CCC4N5)C3)c12. The number of rotatable bonds is 5. The number of aromatic nitrogens is 2. The standard InChI is InChI=1S/C30H37N5O/c1-19-6-3-7-20-8-4-10-27(28(19)20)35-15-13-23-26(17-35)32-30(36-18-22-9-5-14-34(22)2)33-29(23)24-16-21-11-12-25(24)31-21/h3-4,6-8,10,21-22,24-25,31H,5,9,11-18H2,1-2H3/t21?,22-,24?,25?/m0/s1. The van der Waals surface area contributed by atoms with Crippen LogP contribution in [-0.4, -0.2) is 59.7 Å². The van der Waals surface area contributed by atoms with Crippen LogP contribution in [0.4, 0.5) is 5.69 Å². The highest BCUT2D eigenvalue weighted by Gasteiger charge is 2.42. The summed E-state index contributed by atoms with van der Waals surface area (Å²) in [6.45, 7) is 5.86. The van der Waals surface area contributed by atoms with E-state index < -0.39 is 0 Å². The van der Waals surface area contributed by atoms with Gasteiger partial charge in [0.2, 0.25) is 0 Å². The summed E-state index contributed by atoms with van der Waals surface area (Å²) >= 11 is 0. The number of likely N-dealkylation sites (N-methyl/N-ethyl adjacent to an activating group) is 1. The summed E-state index contributed by atoms with van der Waals surface area (Å²) in [5, 5.41) is 6.49. The van der Waals surface area contributed by atoms with Gasteiger partial charge in [0, 0.05) is 41.7 Å². The molecule has 188 valence electrons. The van der Waals surface area contributed by atoms with Crippen molar-refractivity contribution in [3.05, 3.63) is 58.9 Å². The van der Waals surface area contributed by atoms with E-state index in [-0.39, 0.29) is 0 Å². The molecule has 6 heteroatoms. The van der Waals surface area contributed by atoms with Crippen molar-refractivity contribution in [1.82, 2.24) is 20.2 Å². The van der Waals surface area contributed by atoms with Crippen LogP contribution in [0.2, 0.25) is 0 Å². The van der Waals surface area contributed by atoms with Crippen molar-refractivity contribution in [2.24, 2.45) is 0 Å². The van der Waals surface area contributed by atoms with E-state index in [9.17, 15) is 0 Å². The highest BCUT2D eigenvalue weighted by Crippen LogP contribution is 2.42. The first kappa shape index (κ1) is 22.5. The van der Waals surface area contributed by atoms with Gasteiger partial charge in [-0.1, -0.05) is 30.3 Å². The normalized spacial score (nSPS) is 27.7. The number of fused-ring (bicyclic) bond motifs is 4. The molecule has 0 aliphatic carbocycles. The van der Waals surface area contributed by atoms with Gasteiger partial charge in [0.05, 0.1) is 17.9 Å². The minimum Gasteiger partial charge on any atom is -0.462 e. The average Bonchev–Trinajstić information content (AvgIpc) is 3.64. The fourth-order valence-corrected chi connectivity index (χ4v) is 7.27. The van der Waals surface area contributed by atoms with Gasteiger partial charge in [0.15, 0.2) is 0 Å². The predicted molar refractivity (Wildman–Crippen MR) is 144 cm³/mol. The first-order chi connectivity index (χ1) is 17.6. The van der Waals surface area contributed by atoms with Crippen molar-refractivity contribution in [2.45, 2.75) is 76.0 Å². The van der Waals surface area contributed by atoms with Crippen molar-refractivity contribution in [3.63, 3.8) is 0 Å². The van der Waals surface area contributed by atoms with E-state index in [1.54, 1.807) is 0 Å². The van der Waals surface area contributed by atoms with Crippen LogP contribution in [0.1, 0.15) is 60.5 Å². The Bertz CT molecular complexity index is 1290. The number of anilines is 1. The third-order valence-electron chi connectivity index (χ3n) is 9.24. The molecular weight excluding hydrogens is 446 g/mol. The number of hydrogen-bond acceptors (Lipinski definition) is 6. The van der Waals surface area contributed by atoms with Gasteiger partial charge in [-0.05, 0) is 81.6 Å². The molecule has 2 aromatic carbocycles. The molecule has 2 bridgehead atoms. The number of hydrogen-bond donors (Lipinski definition) is 1. The molecule has 4 aliphatic rings. The molecule has 3 aromatic rings. The number of nitrogens with one attached hydrogen (secondary N) is 1. The Labute approximate surface area is 214 Å². The van der Waals surface area contributed by atoms with Crippen LogP contribution in [0.15, 0.2) is 36.4 Å². The lowest BCUT2D eigenvalue weighted by molar-refractivity contribution is 0.186. The fraction of sp³-hybridized carbons (Fsp3) is 0.533. The second kappa shape index (κ2) is 9.00. The smallest absolute Gasteiger partial charge is 0.316 e.